The van der Waals surface area contributed by atoms with Crippen LogP contribution in [0.3, 0.4) is 0 Å². The summed E-state index contributed by atoms with van der Waals surface area (Å²) in [5.41, 5.74) is 12.1. The molecule has 0 radical (unpaired) electrons. The first kappa shape index (κ1) is 25.8. The highest BCUT2D eigenvalue weighted by Crippen LogP contribution is 2.39. The molecule has 3 aromatic heterocycles. The van der Waals surface area contributed by atoms with Crippen LogP contribution in [-0.4, -0.2) is 62.5 Å². The fraction of sp³-hybridized carbons (Fsp3) is 0.387. The van der Waals surface area contributed by atoms with Gasteiger partial charge in [-0.3, -0.25) is 4.79 Å². The number of fused-ring (bicyclic) bond motifs is 3. The molecule has 2 N–H and O–H groups in total. The number of benzene rings is 2. The lowest BCUT2D eigenvalue weighted by atomic mass is 9.97. The van der Waals surface area contributed by atoms with Crippen LogP contribution in [0.15, 0.2) is 53.3 Å². The topological polar surface area (TPSA) is 104 Å². The Labute approximate surface area is 236 Å². The number of aromatic nitrogens is 4. The van der Waals surface area contributed by atoms with Gasteiger partial charge in [-0.15, -0.1) is 0 Å². The van der Waals surface area contributed by atoms with Crippen LogP contribution in [0.4, 0.5) is 4.39 Å². The van der Waals surface area contributed by atoms with Crippen molar-refractivity contribution in [2.24, 2.45) is 18.7 Å². The number of rotatable bonds is 10. The van der Waals surface area contributed by atoms with E-state index in [1.54, 1.807) is 11.2 Å². The number of nitrogens with zero attached hydrogens (tertiary/aromatic N) is 5. The van der Waals surface area contributed by atoms with E-state index in [1.165, 1.54) is 12.8 Å². The smallest absolute Gasteiger partial charge is 0.254 e. The number of para-hydroxylation sites is 1. The number of ether oxygens (including phenoxy) is 1. The molecule has 1 amide bonds. The predicted octanol–water partition coefficient (Wildman–Crippen LogP) is 4.51. The average Bonchev–Trinajstić information content (AvgIpc) is 3.35. The fourth-order valence-electron chi connectivity index (χ4n) is 5.92. The Balaban J connectivity index is 1.27. The molecule has 10 heteroatoms. The molecule has 7 rings (SSSR count). The lowest BCUT2D eigenvalue weighted by Gasteiger charge is -2.30. The van der Waals surface area contributed by atoms with E-state index in [9.17, 15) is 9.18 Å². The third kappa shape index (κ3) is 4.76. The summed E-state index contributed by atoms with van der Waals surface area (Å²) in [7, 11) is 2.03. The monoisotopic (exact) mass is 556 g/mol. The first-order valence-electron chi connectivity index (χ1n) is 14.2. The summed E-state index contributed by atoms with van der Waals surface area (Å²) in [6.07, 6.45) is 5.37. The summed E-state index contributed by atoms with van der Waals surface area (Å²) in [4.78, 5) is 20.0. The third-order valence-electron chi connectivity index (χ3n) is 8.28. The quantitative estimate of drug-likeness (QED) is 0.272. The van der Waals surface area contributed by atoms with Gasteiger partial charge in [0.05, 0.1) is 40.6 Å². The van der Waals surface area contributed by atoms with Crippen LogP contribution in [0.2, 0.25) is 0 Å². The van der Waals surface area contributed by atoms with Crippen molar-refractivity contribution >= 4 is 27.8 Å². The van der Waals surface area contributed by atoms with E-state index in [2.05, 4.69) is 32.5 Å². The first-order chi connectivity index (χ1) is 20.0. The Morgan fingerprint density at radius 2 is 2.10 bits per heavy atom. The molecule has 5 aromatic rings. The molecule has 2 aliphatic rings. The van der Waals surface area contributed by atoms with E-state index < -0.39 is 12.7 Å². The van der Waals surface area contributed by atoms with Crippen LogP contribution >= 0.6 is 0 Å². The largest absolute Gasteiger partial charge is 0.491 e. The molecule has 9 nitrogen and oxygen atoms in total. The zero-order chi connectivity index (χ0) is 28.1. The highest BCUT2D eigenvalue weighted by Gasteiger charge is 2.29. The number of alkyl halides is 1. The molecule has 212 valence electrons. The van der Waals surface area contributed by atoms with Crippen molar-refractivity contribution in [2.45, 2.75) is 38.3 Å². The molecule has 0 spiro atoms. The zero-order valence-electron chi connectivity index (χ0n) is 23.1. The van der Waals surface area contributed by atoms with Gasteiger partial charge in [-0.25, -0.2) is 9.37 Å². The molecule has 1 saturated carbocycles. The van der Waals surface area contributed by atoms with Gasteiger partial charge in [-0.1, -0.05) is 17.3 Å². The fourth-order valence-corrected chi connectivity index (χ4v) is 5.92. The lowest BCUT2D eigenvalue weighted by Crippen LogP contribution is -2.45. The van der Waals surface area contributed by atoms with Gasteiger partial charge in [0.2, 0.25) is 0 Å². The molecule has 1 fully saturated rings. The minimum absolute atomic E-state index is 0.112. The summed E-state index contributed by atoms with van der Waals surface area (Å²) in [6.45, 7) is 1.48. The van der Waals surface area contributed by atoms with Crippen molar-refractivity contribution in [3.63, 3.8) is 0 Å². The maximum atomic E-state index is 13.3. The summed E-state index contributed by atoms with van der Waals surface area (Å²) in [5.74, 6) is 2.20. The number of carbonyl (C=O) groups is 1. The average molecular weight is 557 g/mol. The number of nitrogens with two attached hydrogens (primary N) is 1. The van der Waals surface area contributed by atoms with Crippen LogP contribution in [0, 0.1) is 5.92 Å². The highest BCUT2D eigenvalue weighted by molar-refractivity contribution is 6.01. The SMILES string of the molecule is Cn1c(-c2cc3cccc(OCCc4ccon4)c3n2CC2CC2)nc2cc3c(cc21)CCN(C[C@H](N)CF)C3=O. The minimum Gasteiger partial charge on any atom is -0.491 e. The third-order valence-corrected chi connectivity index (χ3v) is 8.28. The van der Waals surface area contributed by atoms with Gasteiger partial charge in [0.15, 0.2) is 5.82 Å². The Hall–Kier alpha value is -4.18. The van der Waals surface area contributed by atoms with Gasteiger partial charge < -0.3 is 29.0 Å². The first-order valence-corrected chi connectivity index (χ1v) is 14.2. The van der Waals surface area contributed by atoms with E-state index in [0.29, 0.717) is 37.5 Å². The van der Waals surface area contributed by atoms with Crippen molar-refractivity contribution in [1.82, 2.24) is 24.2 Å². The molecule has 0 unspecified atom stereocenters. The summed E-state index contributed by atoms with van der Waals surface area (Å²) < 4.78 is 28.7. The highest BCUT2D eigenvalue weighted by atomic mass is 19.1. The summed E-state index contributed by atoms with van der Waals surface area (Å²) >= 11 is 0. The number of amides is 1. The molecule has 0 saturated heterocycles. The van der Waals surface area contributed by atoms with Crippen LogP contribution < -0.4 is 10.5 Å². The second-order valence-electron chi connectivity index (χ2n) is 11.3. The normalized spacial score (nSPS) is 16.1. The van der Waals surface area contributed by atoms with E-state index in [1.807, 2.05) is 31.3 Å². The molecule has 1 aliphatic carbocycles. The maximum absolute atomic E-state index is 13.3. The van der Waals surface area contributed by atoms with E-state index in [0.717, 1.165) is 57.0 Å². The molecular formula is C31H33FN6O3. The molecule has 2 aromatic carbocycles. The van der Waals surface area contributed by atoms with Crippen LogP contribution in [0.5, 0.6) is 5.75 Å². The van der Waals surface area contributed by atoms with Gasteiger partial charge in [0, 0.05) is 50.1 Å². The number of imidazole rings is 1. The second-order valence-corrected chi connectivity index (χ2v) is 11.3. The summed E-state index contributed by atoms with van der Waals surface area (Å²) in [5, 5.41) is 5.09. The predicted molar refractivity (Wildman–Crippen MR) is 154 cm³/mol. The molecule has 41 heavy (non-hydrogen) atoms. The van der Waals surface area contributed by atoms with Crippen LogP contribution in [-0.2, 0) is 26.4 Å². The van der Waals surface area contributed by atoms with E-state index in [4.69, 9.17) is 20.0 Å². The molecule has 1 atom stereocenters. The Bertz CT molecular complexity index is 1740. The number of hydrogen-bond donors (Lipinski definition) is 1. The van der Waals surface area contributed by atoms with Crippen molar-refractivity contribution in [3.8, 4) is 17.3 Å². The lowest BCUT2D eigenvalue weighted by molar-refractivity contribution is 0.0725. The van der Waals surface area contributed by atoms with Crippen molar-refractivity contribution in [1.29, 1.82) is 0 Å². The second kappa shape index (κ2) is 10.3. The van der Waals surface area contributed by atoms with Gasteiger partial charge in [-0.05, 0) is 55.0 Å². The summed E-state index contributed by atoms with van der Waals surface area (Å²) in [6, 6.07) is 13.5. The zero-order valence-corrected chi connectivity index (χ0v) is 23.1. The molecule has 1 aliphatic heterocycles. The van der Waals surface area contributed by atoms with Gasteiger partial charge in [0.1, 0.15) is 18.7 Å². The van der Waals surface area contributed by atoms with Gasteiger partial charge in [-0.2, -0.15) is 0 Å². The molecule has 0 bridgehead atoms. The number of carbonyl (C=O) groups excluding carboxylic acids is 1. The van der Waals surface area contributed by atoms with E-state index >= 15 is 0 Å². The minimum atomic E-state index is -0.671. The maximum Gasteiger partial charge on any atom is 0.254 e. The molecular weight excluding hydrogens is 523 g/mol. The Morgan fingerprint density at radius 3 is 2.88 bits per heavy atom. The Morgan fingerprint density at radius 1 is 1.22 bits per heavy atom. The van der Waals surface area contributed by atoms with Crippen LogP contribution in [0.25, 0.3) is 33.5 Å². The van der Waals surface area contributed by atoms with Crippen LogP contribution in [0.1, 0.15) is 34.5 Å². The van der Waals surface area contributed by atoms with Gasteiger partial charge >= 0.3 is 0 Å². The van der Waals surface area contributed by atoms with E-state index in [-0.39, 0.29) is 12.5 Å². The number of hydrogen-bond acceptors (Lipinski definition) is 6. The number of aryl methyl sites for hydroxylation is 1. The van der Waals surface area contributed by atoms with Crippen molar-refractivity contribution in [3.05, 3.63) is 65.5 Å². The van der Waals surface area contributed by atoms with Crippen molar-refractivity contribution in [2.75, 3.05) is 26.4 Å². The number of halogens is 1. The Kier molecular flexibility index (Phi) is 6.50. The standard InChI is InChI=1S/C31H33FN6O3/c1-36-26-13-20-7-10-37(18-22(33)16-32)31(39)24(20)15-25(26)34-30(36)27-14-21-3-2-4-28(29(21)38(27)17-19-5-6-19)40-11-8-23-9-12-41-35-23/h2-4,9,12-15,19,22H,5-8,10-11,16-18,33H2,1H3/t22-/m1/s1. The van der Waals surface area contributed by atoms with Gasteiger partial charge in [0.25, 0.3) is 5.91 Å². The van der Waals surface area contributed by atoms with Crippen molar-refractivity contribution < 1.29 is 18.4 Å². The molecule has 4 heterocycles.